The third-order valence-corrected chi connectivity index (χ3v) is 3.94. The summed E-state index contributed by atoms with van der Waals surface area (Å²) in [7, 11) is 0. The summed E-state index contributed by atoms with van der Waals surface area (Å²) < 4.78 is 0. The van der Waals surface area contributed by atoms with Gasteiger partial charge in [-0.2, -0.15) is 0 Å². The molecule has 0 saturated carbocycles. The average molecular weight is 291 g/mol. The van der Waals surface area contributed by atoms with E-state index in [-0.39, 0.29) is 16.6 Å². The molecule has 0 bridgehead atoms. The summed E-state index contributed by atoms with van der Waals surface area (Å²) in [4.78, 5) is 14.8. The van der Waals surface area contributed by atoms with Crippen LogP contribution < -0.4 is 0 Å². The van der Waals surface area contributed by atoms with Crippen LogP contribution in [0.25, 0.3) is 17.0 Å². The van der Waals surface area contributed by atoms with Crippen LogP contribution in [-0.4, -0.2) is 21.1 Å². The van der Waals surface area contributed by atoms with Crippen LogP contribution in [0.3, 0.4) is 0 Å². The Morgan fingerprint density at radius 2 is 2.20 bits per heavy atom. The van der Waals surface area contributed by atoms with Crippen molar-refractivity contribution in [1.29, 1.82) is 0 Å². The van der Waals surface area contributed by atoms with Crippen LogP contribution in [0, 0.1) is 10.1 Å². The quantitative estimate of drug-likeness (QED) is 0.646. The van der Waals surface area contributed by atoms with Crippen molar-refractivity contribution in [3.63, 3.8) is 0 Å². The smallest absolute Gasteiger partial charge is 0.271 e. The molecule has 1 aliphatic carbocycles. The van der Waals surface area contributed by atoms with Crippen LogP contribution >= 0.6 is 11.6 Å². The van der Waals surface area contributed by atoms with E-state index in [0.717, 1.165) is 11.1 Å². The lowest BCUT2D eigenvalue weighted by atomic mass is 9.86. The largest absolute Gasteiger partial charge is 0.388 e. The van der Waals surface area contributed by atoms with Crippen LogP contribution in [0.1, 0.15) is 24.0 Å². The topological polar surface area (TPSA) is 76.3 Å². The number of aliphatic hydroxyl groups excluding tert-OH is 1. The van der Waals surface area contributed by atoms with Gasteiger partial charge in [0.05, 0.1) is 21.6 Å². The molecule has 0 saturated heterocycles. The molecule has 1 heterocycles. The van der Waals surface area contributed by atoms with E-state index < -0.39 is 11.0 Å². The number of hydrogen-bond acceptors (Lipinski definition) is 4. The van der Waals surface area contributed by atoms with Crippen molar-refractivity contribution in [1.82, 2.24) is 4.98 Å². The molecule has 0 spiro atoms. The molecule has 1 aromatic carbocycles. The summed E-state index contributed by atoms with van der Waals surface area (Å²) >= 11 is 6.07. The summed E-state index contributed by atoms with van der Waals surface area (Å²) in [6, 6.07) is 2.77. The highest BCUT2D eigenvalue weighted by atomic mass is 35.5. The van der Waals surface area contributed by atoms with Crippen LogP contribution in [0.2, 0.25) is 5.02 Å². The van der Waals surface area contributed by atoms with Gasteiger partial charge < -0.3 is 5.11 Å². The minimum Gasteiger partial charge on any atom is -0.388 e. The summed E-state index contributed by atoms with van der Waals surface area (Å²) in [5.41, 5.74) is 2.16. The molecule has 0 radical (unpaired) electrons. The van der Waals surface area contributed by atoms with E-state index in [4.69, 9.17) is 11.6 Å². The molecule has 2 atom stereocenters. The van der Waals surface area contributed by atoms with E-state index in [1.807, 2.05) is 6.92 Å². The van der Waals surface area contributed by atoms with Crippen molar-refractivity contribution in [3.05, 3.63) is 50.7 Å². The molecular weight excluding hydrogens is 280 g/mol. The van der Waals surface area contributed by atoms with Crippen LogP contribution in [-0.2, 0) is 0 Å². The fourth-order valence-electron chi connectivity index (χ4n) is 2.48. The summed E-state index contributed by atoms with van der Waals surface area (Å²) in [6.07, 6.45) is 4.55. The molecule has 6 heteroatoms. The maximum absolute atomic E-state index is 10.9. The van der Waals surface area contributed by atoms with Gasteiger partial charge in [0.2, 0.25) is 0 Å². The molecule has 1 aliphatic rings. The van der Waals surface area contributed by atoms with Crippen molar-refractivity contribution >= 4 is 34.3 Å². The third kappa shape index (κ3) is 1.87. The number of nitro benzene ring substituents is 1. The lowest BCUT2D eigenvalue weighted by Gasteiger charge is -2.23. The van der Waals surface area contributed by atoms with E-state index in [1.54, 1.807) is 18.3 Å². The zero-order valence-electron chi connectivity index (χ0n) is 10.6. The van der Waals surface area contributed by atoms with Crippen molar-refractivity contribution < 1.29 is 10.0 Å². The maximum atomic E-state index is 10.9. The van der Waals surface area contributed by atoms with Crippen LogP contribution in [0.4, 0.5) is 5.69 Å². The fourth-order valence-corrected chi connectivity index (χ4v) is 2.74. The standard InChI is InChI=1S/C14H11ClN2O3/c1-7-11-6-16-14-10(9(11)2-3-13(7)18)4-8(17(19)20)5-12(14)15/h2-7,13,18H,1H3. The van der Waals surface area contributed by atoms with Gasteiger partial charge in [-0.05, 0) is 11.1 Å². The third-order valence-electron chi connectivity index (χ3n) is 3.66. The lowest BCUT2D eigenvalue weighted by Crippen LogP contribution is -2.17. The van der Waals surface area contributed by atoms with Crippen LogP contribution in [0.5, 0.6) is 0 Å². The Bertz CT molecular complexity index is 758. The second-order valence-electron chi connectivity index (χ2n) is 4.85. The Hall–Kier alpha value is -1.98. The molecule has 0 aliphatic heterocycles. The summed E-state index contributed by atoms with van der Waals surface area (Å²) in [6.45, 7) is 1.89. The number of hydrogen-bond donors (Lipinski definition) is 1. The van der Waals surface area contributed by atoms with Crippen molar-refractivity contribution in [2.45, 2.75) is 18.9 Å². The van der Waals surface area contributed by atoms with E-state index >= 15 is 0 Å². The zero-order chi connectivity index (χ0) is 14.4. The van der Waals surface area contributed by atoms with E-state index in [1.165, 1.54) is 12.1 Å². The SMILES string of the molecule is CC1c2cnc3c(Cl)cc([N+](=O)[O-])cc3c2C=CC1O. The molecule has 0 amide bonds. The van der Waals surface area contributed by atoms with Gasteiger partial charge in [-0.15, -0.1) is 0 Å². The first kappa shape index (κ1) is 13.0. The molecule has 2 unspecified atom stereocenters. The Kier molecular flexibility index (Phi) is 2.96. The Morgan fingerprint density at radius 1 is 1.45 bits per heavy atom. The highest BCUT2D eigenvalue weighted by Gasteiger charge is 2.24. The van der Waals surface area contributed by atoms with Gasteiger partial charge in [-0.25, -0.2) is 0 Å². The second kappa shape index (κ2) is 4.54. The number of pyridine rings is 1. The molecule has 3 rings (SSSR count). The molecule has 102 valence electrons. The number of rotatable bonds is 1. The van der Waals surface area contributed by atoms with Gasteiger partial charge in [0, 0.05) is 29.6 Å². The molecule has 20 heavy (non-hydrogen) atoms. The number of aromatic nitrogens is 1. The highest BCUT2D eigenvalue weighted by molar-refractivity contribution is 6.35. The van der Waals surface area contributed by atoms with Crippen molar-refractivity contribution in [2.75, 3.05) is 0 Å². The molecule has 1 N–H and O–H groups in total. The van der Waals surface area contributed by atoms with E-state index in [2.05, 4.69) is 4.98 Å². The molecule has 1 aromatic heterocycles. The minimum absolute atomic E-state index is 0.0649. The Morgan fingerprint density at radius 3 is 2.90 bits per heavy atom. The van der Waals surface area contributed by atoms with Crippen LogP contribution in [0.15, 0.2) is 24.4 Å². The van der Waals surface area contributed by atoms with Crippen molar-refractivity contribution in [3.8, 4) is 0 Å². The second-order valence-corrected chi connectivity index (χ2v) is 5.25. The normalized spacial score (nSPS) is 20.9. The van der Waals surface area contributed by atoms with Gasteiger partial charge in [0.15, 0.2) is 0 Å². The molecule has 0 fully saturated rings. The molecule has 2 aromatic rings. The minimum atomic E-state index is -0.573. The number of non-ortho nitro benzene ring substituents is 1. The number of halogens is 1. The predicted molar refractivity (Wildman–Crippen MR) is 76.9 cm³/mol. The number of benzene rings is 1. The maximum Gasteiger partial charge on any atom is 0.271 e. The van der Waals surface area contributed by atoms with Gasteiger partial charge in [0.1, 0.15) is 0 Å². The number of nitro groups is 1. The monoisotopic (exact) mass is 290 g/mol. The molecule has 5 nitrogen and oxygen atoms in total. The summed E-state index contributed by atoms with van der Waals surface area (Å²) in [5.74, 6) is -0.107. The predicted octanol–water partition coefficient (Wildman–Crippen LogP) is 3.29. The molecular formula is C14H11ClN2O3. The highest BCUT2D eigenvalue weighted by Crippen LogP contribution is 2.37. The first-order valence-electron chi connectivity index (χ1n) is 6.12. The van der Waals surface area contributed by atoms with Gasteiger partial charge in [0.25, 0.3) is 5.69 Å². The lowest BCUT2D eigenvalue weighted by molar-refractivity contribution is -0.384. The first-order valence-corrected chi connectivity index (χ1v) is 6.49. The Balaban J connectivity index is 2.36. The number of fused-ring (bicyclic) bond motifs is 3. The van der Waals surface area contributed by atoms with Gasteiger partial charge >= 0.3 is 0 Å². The number of nitrogens with zero attached hydrogens (tertiary/aromatic N) is 2. The first-order chi connectivity index (χ1) is 9.49. The fraction of sp³-hybridized carbons (Fsp3) is 0.214. The number of aliphatic hydroxyl groups is 1. The Labute approximate surface area is 119 Å². The van der Waals surface area contributed by atoms with Gasteiger partial charge in [-0.3, -0.25) is 15.1 Å². The van der Waals surface area contributed by atoms with Crippen molar-refractivity contribution in [2.24, 2.45) is 0 Å². The van der Waals surface area contributed by atoms with E-state index in [9.17, 15) is 15.2 Å². The van der Waals surface area contributed by atoms with Gasteiger partial charge in [-0.1, -0.05) is 30.7 Å². The summed E-state index contributed by atoms with van der Waals surface area (Å²) in [5, 5.41) is 21.7. The average Bonchev–Trinajstić information content (AvgIpc) is 2.42. The van der Waals surface area contributed by atoms with E-state index in [0.29, 0.717) is 10.9 Å². The zero-order valence-corrected chi connectivity index (χ0v) is 11.3.